The highest BCUT2D eigenvalue weighted by Crippen LogP contribution is 2.32. The van der Waals surface area contributed by atoms with E-state index in [0.29, 0.717) is 18.0 Å². The summed E-state index contributed by atoms with van der Waals surface area (Å²) in [6.45, 7) is 6.95. The van der Waals surface area contributed by atoms with Crippen molar-refractivity contribution in [3.05, 3.63) is 41.5 Å². The van der Waals surface area contributed by atoms with Gasteiger partial charge in [0, 0.05) is 13.1 Å². The van der Waals surface area contributed by atoms with E-state index < -0.39 is 11.7 Å². The van der Waals surface area contributed by atoms with Gasteiger partial charge >= 0.3 is 6.18 Å². The molecule has 0 radical (unpaired) electrons. The van der Waals surface area contributed by atoms with Crippen molar-refractivity contribution in [2.24, 2.45) is 5.92 Å². The van der Waals surface area contributed by atoms with Crippen LogP contribution in [0, 0.1) is 5.92 Å². The van der Waals surface area contributed by atoms with Crippen molar-refractivity contribution in [2.75, 3.05) is 39.3 Å². The minimum Gasteiger partial charge on any atom is -0.299 e. The average molecular weight is 394 g/mol. The Morgan fingerprint density at radius 2 is 1.89 bits per heavy atom. The summed E-state index contributed by atoms with van der Waals surface area (Å²) in [4.78, 5) is 15.8. The number of piperidine rings is 1. The molecule has 0 N–H and O–H groups in total. The van der Waals surface area contributed by atoms with Crippen molar-refractivity contribution in [1.82, 2.24) is 9.80 Å². The Morgan fingerprint density at radius 1 is 1.14 bits per heavy atom. The first kappa shape index (κ1) is 21.1. The van der Waals surface area contributed by atoms with Gasteiger partial charge in [0.25, 0.3) is 0 Å². The van der Waals surface area contributed by atoms with Crippen LogP contribution in [0.25, 0.3) is 5.57 Å². The second-order valence-corrected chi connectivity index (χ2v) is 8.07. The van der Waals surface area contributed by atoms with Crippen LogP contribution in [0.2, 0.25) is 0 Å². The van der Waals surface area contributed by atoms with Crippen LogP contribution in [-0.2, 0) is 11.0 Å². The minimum absolute atomic E-state index is 0.232. The summed E-state index contributed by atoms with van der Waals surface area (Å²) in [5, 5.41) is 0. The molecule has 1 saturated heterocycles. The summed E-state index contributed by atoms with van der Waals surface area (Å²) in [7, 11) is 0. The molecule has 0 aliphatic carbocycles. The molecule has 1 fully saturated rings. The van der Waals surface area contributed by atoms with Crippen LogP contribution in [-0.4, -0.2) is 54.9 Å². The van der Waals surface area contributed by atoms with Crippen molar-refractivity contribution in [2.45, 2.75) is 38.8 Å². The second-order valence-electron chi connectivity index (χ2n) is 8.07. The summed E-state index contributed by atoms with van der Waals surface area (Å²) >= 11 is 0. The monoisotopic (exact) mass is 394 g/mol. The van der Waals surface area contributed by atoms with Gasteiger partial charge in [-0.05, 0) is 81.4 Å². The Kier molecular flexibility index (Phi) is 6.94. The van der Waals surface area contributed by atoms with Gasteiger partial charge < -0.3 is 0 Å². The third-order valence-electron chi connectivity index (χ3n) is 5.86. The van der Waals surface area contributed by atoms with Gasteiger partial charge in [0.15, 0.2) is 0 Å². The van der Waals surface area contributed by atoms with E-state index in [4.69, 9.17) is 0 Å². The molecule has 2 heterocycles. The number of alkyl halides is 3. The van der Waals surface area contributed by atoms with E-state index in [9.17, 15) is 18.0 Å². The summed E-state index contributed by atoms with van der Waals surface area (Å²) in [6.07, 6.45) is 2.02. The fourth-order valence-electron chi connectivity index (χ4n) is 4.19. The highest BCUT2D eigenvalue weighted by Gasteiger charge is 2.30. The molecular weight excluding hydrogens is 365 g/mol. The van der Waals surface area contributed by atoms with Gasteiger partial charge in [-0.25, -0.2) is 0 Å². The van der Waals surface area contributed by atoms with Gasteiger partial charge in [0.2, 0.25) is 0 Å². The molecule has 0 amide bonds. The van der Waals surface area contributed by atoms with Gasteiger partial charge in [-0.1, -0.05) is 18.2 Å². The lowest BCUT2D eigenvalue weighted by molar-refractivity contribution is -0.137. The number of rotatable bonds is 6. The molecule has 0 saturated carbocycles. The van der Waals surface area contributed by atoms with Crippen molar-refractivity contribution in [1.29, 1.82) is 0 Å². The SMILES string of the molecule is CC(=O)CN1CCC(CCN2CC=C(c3cccc(C(F)(F)F)c3)CC2)CC1. The van der Waals surface area contributed by atoms with E-state index in [2.05, 4.69) is 15.9 Å². The van der Waals surface area contributed by atoms with E-state index in [-0.39, 0.29) is 5.78 Å². The van der Waals surface area contributed by atoms with Gasteiger partial charge in [0.1, 0.15) is 5.78 Å². The minimum atomic E-state index is -4.29. The predicted octanol–water partition coefficient (Wildman–Crippen LogP) is 4.49. The molecule has 0 bridgehead atoms. The number of likely N-dealkylation sites (tertiary alicyclic amines) is 1. The van der Waals surface area contributed by atoms with Crippen LogP contribution in [0.3, 0.4) is 0 Å². The Labute approximate surface area is 165 Å². The van der Waals surface area contributed by atoms with Gasteiger partial charge in [-0.3, -0.25) is 14.6 Å². The molecule has 1 aromatic rings. The summed E-state index contributed by atoms with van der Waals surface area (Å²) in [5.74, 6) is 0.937. The van der Waals surface area contributed by atoms with Gasteiger partial charge in [-0.2, -0.15) is 13.2 Å². The van der Waals surface area contributed by atoms with Crippen LogP contribution in [0.5, 0.6) is 0 Å². The first-order chi connectivity index (χ1) is 13.3. The lowest BCUT2D eigenvalue weighted by atomic mass is 9.92. The van der Waals surface area contributed by atoms with E-state index in [1.54, 1.807) is 13.0 Å². The van der Waals surface area contributed by atoms with Crippen molar-refractivity contribution in [3.63, 3.8) is 0 Å². The standard InChI is InChI=1S/C22H29F3N2O/c1-17(28)16-27-11-6-18(7-12-27)5-10-26-13-8-19(9-14-26)20-3-2-4-21(15-20)22(23,24)25/h2-4,8,15,18H,5-7,9-14,16H2,1H3. The maximum atomic E-state index is 12.9. The quantitative estimate of drug-likeness (QED) is 0.711. The molecule has 0 spiro atoms. The maximum Gasteiger partial charge on any atom is 0.416 e. The van der Waals surface area contributed by atoms with Crippen LogP contribution in [0.4, 0.5) is 13.2 Å². The lowest BCUT2D eigenvalue weighted by Crippen LogP contribution is -2.38. The number of halogens is 3. The largest absolute Gasteiger partial charge is 0.416 e. The number of hydrogen-bond donors (Lipinski definition) is 0. The topological polar surface area (TPSA) is 23.6 Å². The Hall–Kier alpha value is -1.66. The van der Waals surface area contributed by atoms with Crippen molar-refractivity contribution < 1.29 is 18.0 Å². The molecule has 1 aromatic carbocycles. The molecule has 0 unspecified atom stereocenters. The zero-order valence-electron chi connectivity index (χ0n) is 16.5. The average Bonchev–Trinajstić information content (AvgIpc) is 2.67. The summed E-state index contributed by atoms with van der Waals surface area (Å²) in [5.41, 5.74) is 1.12. The molecule has 28 heavy (non-hydrogen) atoms. The number of carbonyl (C=O) groups excluding carboxylic acids is 1. The van der Waals surface area contributed by atoms with Gasteiger partial charge in [-0.15, -0.1) is 0 Å². The van der Waals surface area contributed by atoms with Gasteiger partial charge in [0.05, 0.1) is 12.1 Å². The number of ketones is 1. The molecular formula is C22H29F3N2O. The Balaban J connectivity index is 1.45. The third kappa shape index (κ3) is 5.92. The highest BCUT2D eigenvalue weighted by atomic mass is 19.4. The maximum absolute atomic E-state index is 12.9. The van der Waals surface area contributed by atoms with Crippen LogP contribution in [0.15, 0.2) is 30.3 Å². The molecule has 6 heteroatoms. The first-order valence-corrected chi connectivity index (χ1v) is 10.1. The molecule has 3 rings (SSSR count). The second kappa shape index (κ2) is 9.23. The first-order valence-electron chi connectivity index (χ1n) is 10.1. The zero-order valence-corrected chi connectivity index (χ0v) is 16.5. The van der Waals surface area contributed by atoms with Crippen LogP contribution < -0.4 is 0 Å². The Morgan fingerprint density at radius 3 is 2.50 bits per heavy atom. The number of nitrogens with zero attached hydrogens (tertiary/aromatic N) is 2. The summed E-state index contributed by atoms with van der Waals surface area (Å²) in [6, 6.07) is 5.65. The number of hydrogen-bond acceptors (Lipinski definition) is 3. The van der Waals surface area contributed by atoms with E-state index in [1.807, 2.05) is 0 Å². The van der Waals surface area contributed by atoms with Crippen LogP contribution in [0.1, 0.15) is 43.7 Å². The molecule has 154 valence electrons. The van der Waals surface area contributed by atoms with E-state index in [1.165, 1.54) is 12.1 Å². The predicted molar refractivity (Wildman–Crippen MR) is 105 cm³/mol. The Bertz CT molecular complexity index is 706. The molecule has 0 aromatic heterocycles. The molecule has 2 aliphatic heterocycles. The number of Topliss-reactive ketones (excluding diaryl/α,β-unsaturated/α-hetero) is 1. The van der Waals surface area contributed by atoms with Crippen molar-refractivity contribution in [3.8, 4) is 0 Å². The zero-order chi connectivity index (χ0) is 20.1. The van der Waals surface area contributed by atoms with E-state index >= 15 is 0 Å². The lowest BCUT2D eigenvalue weighted by Gasteiger charge is -2.33. The smallest absolute Gasteiger partial charge is 0.299 e. The fourth-order valence-corrected chi connectivity index (χ4v) is 4.19. The van der Waals surface area contributed by atoms with Crippen LogP contribution >= 0.6 is 0 Å². The molecule has 0 atom stereocenters. The molecule has 2 aliphatic rings. The highest BCUT2D eigenvalue weighted by molar-refractivity contribution is 5.77. The normalized spacial score (nSPS) is 20.2. The van der Waals surface area contributed by atoms with E-state index in [0.717, 1.165) is 70.0 Å². The van der Waals surface area contributed by atoms with Crippen molar-refractivity contribution >= 4 is 11.4 Å². The number of carbonyl (C=O) groups is 1. The number of benzene rings is 1. The third-order valence-corrected chi connectivity index (χ3v) is 5.86. The molecule has 3 nitrogen and oxygen atoms in total. The summed E-state index contributed by atoms with van der Waals surface area (Å²) < 4.78 is 38.7. The fraction of sp³-hybridized carbons (Fsp3) is 0.591.